The van der Waals surface area contributed by atoms with E-state index in [1.54, 1.807) is 7.11 Å². The van der Waals surface area contributed by atoms with E-state index in [1.807, 2.05) is 19.1 Å². The van der Waals surface area contributed by atoms with Gasteiger partial charge in [-0.2, -0.15) is 0 Å². The van der Waals surface area contributed by atoms with Crippen LogP contribution in [0, 0.1) is 0 Å². The number of nitrogens with one attached hydrogen (secondary N) is 1. The third kappa shape index (κ3) is 5.14. The fraction of sp³-hybridized carbons (Fsp3) is 0.538. The maximum absolute atomic E-state index is 5.45. The second kappa shape index (κ2) is 8.13. The van der Waals surface area contributed by atoms with Gasteiger partial charge in [-0.1, -0.05) is 12.1 Å². The van der Waals surface area contributed by atoms with Gasteiger partial charge in [-0.15, -0.1) is 0 Å². The van der Waals surface area contributed by atoms with Crippen LogP contribution in [0.2, 0.25) is 0 Å². The summed E-state index contributed by atoms with van der Waals surface area (Å²) in [6.45, 7) is 5.36. The molecule has 0 fully saturated rings. The molecule has 16 heavy (non-hydrogen) atoms. The van der Waals surface area contributed by atoms with Crippen LogP contribution in [0.3, 0.4) is 0 Å². The molecule has 1 N–H and O–H groups in total. The van der Waals surface area contributed by atoms with E-state index >= 15 is 0 Å². The third-order valence-corrected chi connectivity index (χ3v) is 2.28. The van der Waals surface area contributed by atoms with E-state index in [0.717, 1.165) is 38.5 Å². The van der Waals surface area contributed by atoms with Crippen molar-refractivity contribution in [1.82, 2.24) is 5.32 Å². The Labute approximate surface area is 97.8 Å². The molecule has 0 aromatic heterocycles. The maximum atomic E-state index is 5.45. The Morgan fingerprint density at radius 1 is 1.25 bits per heavy atom. The molecular weight excluding hydrogens is 202 g/mol. The standard InChI is InChI=1S/C13H21NO2/c1-3-16-13-6-4-5-12(11-13)7-8-14-9-10-15-2/h4-6,11,14H,3,7-10H2,1-2H3. The summed E-state index contributed by atoms with van der Waals surface area (Å²) in [7, 11) is 1.72. The number of benzene rings is 1. The van der Waals surface area contributed by atoms with E-state index in [2.05, 4.69) is 17.4 Å². The van der Waals surface area contributed by atoms with Crippen molar-refractivity contribution in [1.29, 1.82) is 0 Å². The number of hydrogen-bond acceptors (Lipinski definition) is 3. The highest BCUT2D eigenvalue weighted by Gasteiger charge is 1.96. The van der Waals surface area contributed by atoms with Gasteiger partial charge in [0.05, 0.1) is 13.2 Å². The van der Waals surface area contributed by atoms with Gasteiger partial charge in [-0.3, -0.25) is 0 Å². The van der Waals surface area contributed by atoms with Crippen molar-refractivity contribution >= 4 is 0 Å². The van der Waals surface area contributed by atoms with Gasteiger partial charge in [0.1, 0.15) is 5.75 Å². The van der Waals surface area contributed by atoms with E-state index in [0.29, 0.717) is 0 Å². The van der Waals surface area contributed by atoms with Crippen LogP contribution in [0.5, 0.6) is 5.75 Å². The third-order valence-electron chi connectivity index (χ3n) is 2.28. The summed E-state index contributed by atoms with van der Waals surface area (Å²) in [6.07, 6.45) is 1.02. The summed E-state index contributed by atoms with van der Waals surface area (Å²) in [5.74, 6) is 0.955. The van der Waals surface area contributed by atoms with Gasteiger partial charge < -0.3 is 14.8 Å². The summed E-state index contributed by atoms with van der Waals surface area (Å²) in [5.41, 5.74) is 1.30. The van der Waals surface area contributed by atoms with E-state index in [-0.39, 0.29) is 0 Å². The minimum Gasteiger partial charge on any atom is -0.494 e. The summed E-state index contributed by atoms with van der Waals surface area (Å²) >= 11 is 0. The lowest BCUT2D eigenvalue weighted by Gasteiger charge is -2.07. The van der Waals surface area contributed by atoms with Crippen LogP contribution in [0.25, 0.3) is 0 Å². The van der Waals surface area contributed by atoms with Crippen LogP contribution in [-0.4, -0.2) is 33.4 Å². The Hall–Kier alpha value is -1.06. The van der Waals surface area contributed by atoms with Crippen molar-refractivity contribution in [3.05, 3.63) is 29.8 Å². The second-order valence-corrected chi connectivity index (χ2v) is 3.57. The van der Waals surface area contributed by atoms with Crippen molar-refractivity contribution in [3.8, 4) is 5.75 Å². The molecule has 0 amide bonds. The minimum atomic E-state index is 0.718. The molecule has 0 radical (unpaired) electrons. The zero-order chi connectivity index (χ0) is 11.6. The van der Waals surface area contributed by atoms with Crippen molar-refractivity contribution in [2.75, 3.05) is 33.4 Å². The molecule has 0 atom stereocenters. The molecule has 1 aromatic carbocycles. The Morgan fingerprint density at radius 3 is 2.88 bits per heavy atom. The zero-order valence-corrected chi connectivity index (χ0v) is 10.2. The summed E-state index contributed by atoms with van der Waals surface area (Å²) in [4.78, 5) is 0. The lowest BCUT2D eigenvalue weighted by atomic mass is 10.1. The number of hydrogen-bond donors (Lipinski definition) is 1. The molecule has 0 unspecified atom stereocenters. The van der Waals surface area contributed by atoms with Crippen LogP contribution in [0.15, 0.2) is 24.3 Å². The number of methoxy groups -OCH3 is 1. The first-order valence-corrected chi connectivity index (χ1v) is 5.78. The van der Waals surface area contributed by atoms with Gasteiger partial charge in [0.2, 0.25) is 0 Å². The van der Waals surface area contributed by atoms with E-state index in [4.69, 9.17) is 9.47 Å². The Balaban J connectivity index is 2.27. The highest BCUT2D eigenvalue weighted by Crippen LogP contribution is 2.13. The molecule has 0 aliphatic rings. The fourth-order valence-electron chi connectivity index (χ4n) is 1.49. The smallest absolute Gasteiger partial charge is 0.119 e. The lowest BCUT2D eigenvalue weighted by Crippen LogP contribution is -2.21. The molecule has 1 rings (SSSR count). The van der Waals surface area contributed by atoms with Gasteiger partial charge >= 0.3 is 0 Å². The molecule has 0 saturated carbocycles. The quantitative estimate of drug-likeness (QED) is 0.682. The van der Waals surface area contributed by atoms with E-state index in [1.165, 1.54) is 5.56 Å². The minimum absolute atomic E-state index is 0.718. The van der Waals surface area contributed by atoms with Crippen LogP contribution in [-0.2, 0) is 11.2 Å². The van der Waals surface area contributed by atoms with Gasteiger partial charge in [0.15, 0.2) is 0 Å². The van der Waals surface area contributed by atoms with Crippen molar-refractivity contribution in [3.63, 3.8) is 0 Å². The van der Waals surface area contributed by atoms with Crippen molar-refractivity contribution in [2.24, 2.45) is 0 Å². The largest absolute Gasteiger partial charge is 0.494 e. The van der Waals surface area contributed by atoms with Gasteiger partial charge in [-0.05, 0) is 37.6 Å². The SMILES string of the molecule is CCOc1cccc(CCNCCOC)c1. The van der Waals surface area contributed by atoms with Crippen LogP contribution >= 0.6 is 0 Å². The normalized spacial score (nSPS) is 10.4. The summed E-state index contributed by atoms with van der Waals surface area (Å²) in [5, 5.41) is 3.32. The van der Waals surface area contributed by atoms with E-state index < -0.39 is 0 Å². The molecule has 0 spiro atoms. The van der Waals surface area contributed by atoms with Crippen LogP contribution in [0.1, 0.15) is 12.5 Å². The van der Waals surface area contributed by atoms with Gasteiger partial charge in [-0.25, -0.2) is 0 Å². The molecule has 3 heteroatoms. The molecule has 0 saturated heterocycles. The average molecular weight is 223 g/mol. The topological polar surface area (TPSA) is 30.5 Å². The first kappa shape index (κ1) is 13.0. The molecule has 0 aliphatic heterocycles. The van der Waals surface area contributed by atoms with E-state index in [9.17, 15) is 0 Å². The number of rotatable bonds is 8. The second-order valence-electron chi connectivity index (χ2n) is 3.57. The summed E-state index contributed by atoms with van der Waals surface area (Å²) < 4.78 is 10.4. The van der Waals surface area contributed by atoms with Crippen LogP contribution in [0.4, 0.5) is 0 Å². The zero-order valence-electron chi connectivity index (χ0n) is 10.2. The number of ether oxygens (including phenoxy) is 2. The van der Waals surface area contributed by atoms with Gasteiger partial charge in [0, 0.05) is 13.7 Å². The lowest BCUT2D eigenvalue weighted by molar-refractivity contribution is 0.199. The van der Waals surface area contributed by atoms with Crippen LogP contribution < -0.4 is 10.1 Å². The first-order chi connectivity index (χ1) is 7.86. The average Bonchev–Trinajstić information content (AvgIpc) is 2.30. The molecule has 0 aliphatic carbocycles. The summed E-state index contributed by atoms with van der Waals surface area (Å²) in [6, 6.07) is 8.25. The molecule has 1 aromatic rings. The Kier molecular flexibility index (Phi) is 6.61. The maximum Gasteiger partial charge on any atom is 0.119 e. The monoisotopic (exact) mass is 223 g/mol. The molecule has 0 bridgehead atoms. The molecule has 3 nitrogen and oxygen atoms in total. The predicted molar refractivity (Wildman–Crippen MR) is 66.1 cm³/mol. The fourth-order valence-corrected chi connectivity index (χ4v) is 1.49. The highest BCUT2D eigenvalue weighted by atomic mass is 16.5. The first-order valence-electron chi connectivity index (χ1n) is 5.78. The Bertz CT molecular complexity index is 289. The molecular formula is C13H21NO2. The molecule has 0 heterocycles. The Morgan fingerprint density at radius 2 is 2.12 bits per heavy atom. The molecule has 90 valence electrons. The predicted octanol–water partition coefficient (Wildman–Crippen LogP) is 1.86. The van der Waals surface area contributed by atoms with Gasteiger partial charge in [0.25, 0.3) is 0 Å². The van der Waals surface area contributed by atoms with Crippen molar-refractivity contribution in [2.45, 2.75) is 13.3 Å². The highest BCUT2D eigenvalue weighted by molar-refractivity contribution is 5.28. The van der Waals surface area contributed by atoms with Crippen molar-refractivity contribution < 1.29 is 9.47 Å².